The normalized spacial score (nSPS) is 16.7. The van der Waals surface area contributed by atoms with E-state index in [4.69, 9.17) is 0 Å². The van der Waals surface area contributed by atoms with E-state index in [0.29, 0.717) is 0 Å². The second-order valence-corrected chi connectivity index (χ2v) is 4.47. The van der Waals surface area contributed by atoms with Crippen LogP contribution in [0.3, 0.4) is 0 Å². The summed E-state index contributed by atoms with van der Waals surface area (Å²) >= 11 is 3.45. The van der Waals surface area contributed by atoms with E-state index in [2.05, 4.69) is 31.5 Å². The van der Waals surface area contributed by atoms with Gasteiger partial charge in [-0.3, -0.25) is 0 Å². The van der Waals surface area contributed by atoms with E-state index < -0.39 is 0 Å². The molecule has 0 amide bonds. The lowest BCUT2D eigenvalue weighted by atomic mass is 10.3. The Balaban J connectivity index is 2.20. The van der Waals surface area contributed by atoms with Crippen molar-refractivity contribution in [2.75, 3.05) is 0 Å². The number of hydrogen-bond donors (Lipinski definition) is 0. The lowest BCUT2D eigenvalue weighted by Gasteiger charge is -1.91. The third-order valence-corrected chi connectivity index (χ3v) is 2.90. The van der Waals surface area contributed by atoms with Gasteiger partial charge in [0, 0.05) is 22.8 Å². The van der Waals surface area contributed by atoms with E-state index in [9.17, 15) is 0 Å². The highest BCUT2D eigenvalue weighted by Crippen LogP contribution is 2.39. The predicted molar refractivity (Wildman–Crippen MR) is 54.9 cm³/mol. The first-order valence-electron chi connectivity index (χ1n) is 4.47. The summed E-state index contributed by atoms with van der Waals surface area (Å²) in [5.41, 5.74) is 2.29. The summed E-state index contributed by atoms with van der Waals surface area (Å²) in [5.74, 6) is 0.735. The number of aromatic nitrogens is 2. The fourth-order valence-corrected chi connectivity index (χ4v) is 1.91. The smallest absolute Gasteiger partial charge is 0.137 e. The van der Waals surface area contributed by atoms with Gasteiger partial charge in [-0.1, -0.05) is 0 Å². The fourth-order valence-electron chi connectivity index (χ4n) is 1.56. The summed E-state index contributed by atoms with van der Waals surface area (Å²) in [6.07, 6.45) is 6.81. The average molecular weight is 237 g/mol. The Morgan fingerprint density at radius 3 is 2.92 bits per heavy atom. The molecule has 0 spiro atoms. The Labute approximate surface area is 84.7 Å². The van der Waals surface area contributed by atoms with Crippen LogP contribution in [0.5, 0.6) is 0 Å². The van der Waals surface area contributed by atoms with Crippen LogP contribution in [0.25, 0.3) is 5.65 Å². The van der Waals surface area contributed by atoms with Crippen molar-refractivity contribution in [2.45, 2.75) is 18.8 Å². The van der Waals surface area contributed by atoms with Crippen molar-refractivity contribution in [3.8, 4) is 0 Å². The van der Waals surface area contributed by atoms with Crippen molar-refractivity contribution in [3.05, 3.63) is 34.7 Å². The average Bonchev–Trinajstić information content (AvgIpc) is 2.87. The number of hydrogen-bond acceptors (Lipinski definition) is 1. The van der Waals surface area contributed by atoms with E-state index in [1.807, 2.05) is 18.3 Å². The highest BCUT2D eigenvalue weighted by atomic mass is 79.9. The summed E-state index contributed by atoms with van der Waals surface area (Å²) in [5, 5.41) is 0. The van der Waals surface area contributed by atoms with Gasteiger partial charge in [0.05, 0.1) is 5.69 Å². The lowest BCUT2D eigenvalue weighted by molar-refractivity contribution is 1.06. The summed E-state index contributed by atoms with van der Waals surface area (Å²) in [6.45, 7) is 0. The fraction of sp³-hybridized carbons (Fsp3) is 0.300. The third kappa shape index (κ3) is 1.27. The molecule has 0 atom stereocenters. The lowest BCUT2D eigenvalue weighted by Crippen LogP contribution is -1.80. The number of halogens is 1. The van der Waals surface area contributed by atoms with Gasteiger partial charge < -0.3 is 4.40 Å². The van der Waals surface area contributed by atoms with Crippen molar-refractivity contribution in [1.82, 2.24) is 9.38 Å². The van der Waals surface area contributed by atoms with Gasteiger partial charge in [0.1, 0.15) is 5.65 Å². The Hall–Kier alpha value is -0.830. The molecular formula is C10H9BrN2. The number of pyridine rings is 1. The summed E-state index contributed by atoms with van der Waals surface area (Å²) in [6, 6.07) is 4.06. The van der Waals surface area contributed by atoms with Crippen molar-refractivity contribution in [3.63, 3.8) is 0 Å². The molecule has 1 saturated carbocycles. The first-order valence-corrected chi connectivity index (χ1v) is 5.26. The summed E-state index contributed by atoms with van der Waals surface area (Å²) < 4.78 is 3.18. The molecule has 13 heavy (non-hydrogen) atoms. The van der Waals surface area contributed by atoms with Gasteiger partial charge in [0.25, 0.3) is 0 Å². The van der Waals surface area contributed by atoms with Gasteiger partial charge in [-0.05, 0) is 40.9 Å². The van der Waals surface area contributed by atoms with Gasteiger partial charge in [0.2, 0.25) is 0 Å². The van der Waals surface area contributed by atoms with Crippen LogP contribution in [0.2, 0.25) is 0 Å². The van der Waals surface area contributed by atoms with Crippen molar-refractivity contribution in [2.24, 2.45) is 0 Å². The Morgan fingerprint density at radius 2 is 2.15 bits per heavy atom. The van der Waals surface area contributed by atoms with E-state index in [1.165, 1.54) is 18.5 Å². The van der Waals surface area contributed by atoms with Crippen LogP contribution in [0.4, 0.5) is 0 Å². The van der Waals surface area contributed by atoms with Crippen LogP contribution in [0.15, 0.2) is 29.0 Å². The molecule has 1 aliphatic rings. The largest absolute Gasteiger partial charge is 0.306 e. The van der Waals surface area contributed by atoms with E-state index in [0.717, 1.165) is 16.0 Å². The molecule has 0 saturated heterocycles. The minimum absolute atomic E-state index is 0.735. The first kappa shape index (κ1) is 7.56. The zero-order valence-electron chi connectivity index (χ0n) is 7.07. The van der Waals surface area contributed by atoms with Crippen molar-refractivity contribution in [1.29, 1.82) is 0 Å². The number of nitrogens with zero attached hydrogens (tertiary/aromatic N) is 2. The molecule has 1 fully saturated rings. The third-order valence-electron chi connectivity index (χ3n) is 2.43. The van der Waals surface area contributed by atoms with Crippen LogP contribution in [-0.2, 0) is 0 Å². The van der Waals surface area contributed by atoms with Gasteiger partial charge in [0.15, 0.2) is 0 Å². The molecule has 2 aromatic heterocycles. The Bertz CT molecular complexity index is 457. The summed E-state index contributed by atoms with van der Waals surface area (Å²) in [4.78, 5) is 4.56. The molecule has 1 aliphatic carbocycles. The van der Waals surface area contributed by atoms with Crippen LogP contribution in [-0.4, -0.2) is 9.38 Å². The minimum atomic E-state index is 0.735. The second kappa shape index (κ2) is 2.58. The summed E-state index contributed by atoms with van der Waals surface area (Å²) in [7, 11) is 0. The van der Waals surface area contributed by atoms with Gasteiger partial charge in [-0.2, -0.15) is 0 Å². The van der Waals surface area contributed by atoms with Gasteiger partial charge in [-0.25, -0.2) is 4.98 Å². The molecule has 3 rings (SSSR count). The zero-order valence-corrected chi connectivity index (χ0v) is 8.66. The molecule has 0 unspecified atom stereocenters. The highest BCUT2D eigenvalue weighted by molar-refractivity contribution is 9.10. The molecule has 0 radical (unpaired) electrons. The molecule has 66 valence electrons. The zero-order chi connectivity index (χ0) is 8.84. The van der Waals surface area contributed by atoms with Crippen molar-refractivity contribution >= 4 is 21.6 Å². The molecule has 3 heteroatoms. The SMILES string of the molecule is Brc1ccc2nc(C3CC3)cn2c1. The Morgan fingerprint density at radius 1 is 1.31 bits per heavy atom. The van der Waals surface area contributed by atoms with Crippen LogP contribution >= 0.6 is 15.9 Å². The molecule has 0 aromatic carbocycles. The number of fused-ring (bicyclic) bond motifs is 1. The van der Waals surface area contributed by atoms with E-state index >= 15 is 0 Å². The number of imidazole rings is 1. The highest BCUT2D eigenvalue weighted by Gasteiger charge is 2.25. The Kier molecular flexibility index (Phi) is 1.50. The molecular weight excluding hydrogens is 228 g/mol. The molecule has 0 aliphatic heterocycles. The molecule has 0 bridgehead atoms. The molecule has 2 nitrogen and oxygen atoms in total. The van der Waals surface area contributed by atoms with Gasteiger partial charge >= 0.3 is 0 Å². The quantitative estimate of drug-likeness (QED) is 0.745. The maximum atomic E-state index is 4.56. The monoisotopic (exact) mass is 236 g/mol. The molecule has 2 aromatic rings. The first-order chi connectivity index (χ1) is 6.33. The van der Waals surface area contributed by atoms with Crippen LogP contribution in [0, 0.1) is 0 Å². The maximum absolute atomic E-state index is 4.56. The maximum Gasteiger partial charge on any atom is 0.137 e. The van der Waals surface area contributed by atoms with Crippen LogP contribution in [0.1, 0.15) is 24.5 Å². The van der Waals surface area contributed by atoms with E-state index in [-0.39, 0.29) is 0 Å². The standard InChI is InChI=1S/C10H9BrN2/c11-8-3-4-10-12-9(7-1-2-7)6-13(10)5-8/h3-7H,1-2H2. The van der Waals surface area contributed by atoms with E-state index in [1.54, 1.807) is 0 Å². The van der Waals surface area contributed by atoms with Gasteiger partial charge in [-0.15, -0.1) is 0 Å². The minimum Gasteiger partial charge on any atom is -0.306 e. The molecule has 0 N–H and O–H groups in total. The molecule has 2 heterocycles. The van der Waals surface area contributed by atoms with Crippen LogP contribution < -0.4 is 0 Å². The second-order valence-electron chi connectivity index (χ2n) is 3.55. The van der Waals surface area contributed by atoms with Crippen molar-refractivity contribution < 1.29 is 0 Å². The topological polar surface area (TPSA) is 17.3 Å². The number of rotatable bonds is 1. The predicted octanol–water partition coefficient (Wildman–Crippen LogP) is 2.97.